The SMILES string of the molecule is CNC(=O)[C@@H](N)[C@@H](C)OCc1ccc(F)cc1. The highest BCUT2D eigenvalue weighted by Gasteiger charge is 2.20. The number of hydrogen-bond acceptors (Lipinski definition) is 3. The van der Waals surface area contributed by atoms with Gasteiger partial charge in [0.05, 0.1) is 12.7 Å². The molecule has 1 amide bonds. The zero-order valence-electron chi connectivity index (χ0n) is 9.94. The number of likely N-dealkylation sites (N-methyl/N-ethyl adjacent to an activating group) is 1. The van der Waals surface area contributed by atoms with Crippen molar-refractivity contribution < 1.29 is 13.9 Å². The first-order chi connectivity index (χ1) is 8.04. The van der Waals surface area contributed by atoms with Crippen LogP contribution >= 0.6 is 0 Å². The third-order valence-corrected chi connectivity index (χ3v) is 2.48. The molecule has 4 nitrogen and oxygen atoms in total. The molecule has 0 radical (unpaired) electrons. The molecule has 0 aromatic heterocycles. The minimum Gasteiger partial charge on any atom is -0.372 e. The summed E-state index contributed by atoms with van der Waals surface area (Å²) in [6, 6.07) is 5.28. The first-order valence-electron chi connectivity index (χ1n) is 5.38. The highest BCUT2D eigenvalue weighted by molar-refractivity contribution is 5.81. The predicted octanol–water partition coefficient (Wildman–Crippen LogP) is 0.804. The van der Waals surface area contributed by atoms with Crippen molar-refractivity contribution in [1.82, 2.24) is 5.32 Å². The molecule has 0 aliphatic carbocycles. The lowest BCUT2D eigenvalue weighted by Crippen LogP contribution is -2.46. The number of hydrogen-bond donors (Lipinski definition) is 2. The number of rotatable bonds is 5. The molecular weight excluding hydrogens is 223 g/mol. The highest BCUT2D eigenvalue weighted by Crippen LogP contribution is 2.07. The van der Waals surface area contributed by atoms with E-state index in [1.165, 1.54) is 19.2 Å². The molecule has 0 bridgehead atoms. The Morgan fingerprint density at radius 1 is 1.47 bits per heavy atom. The van der Waals surface area contributed by atoms with E-state index in [4.69, 9.17) is 10.5 Å². The van der Waals surface area contributed by atoms with Gasteiger partial charge in [-0.1, -0.05) is 12.1 Å². The number of benzene rings is 1. The average molecular weight is 240 g/mol. The molecule has 0 saturated carbocycles. The Morgan fingerprint density at radius 3 is 2.59 bits per heavy atom. The second kappa shape index (κ2) is 6.32. The summed E-state index contributed by atoms with van der Waals surface area (Å²) in [4.78, 5) is 11.2. The van der Waals surface area contributed by atoms with Crippen LogP contribution in [-0.4, -0.2) is 25.1 Å². The van der Waals surface area contributed by atoms with Crippen molar-refractivity contribution in [2.24, 2.45) is 5.73 Å². The minimum absolute atomic E-state index is 0.267. The van der Waals surface area contributed by atoms with E-state index in [0.29, 0.717) is 6.61 Å². The molecule has 1 aromatic carbocycles. The van der Waals surface area contributed by atoms with Crippen LogP contribution in [0.15, 0.2) is 24.3 Å². The van der Waals surface area contributed by atoms with Crippen molar-refractivity contribution >= 4 is 5.91 Å². The maximum Gasteiger partial charge on any atom is 0.239 e. The molecular formula is C12H17FN2O2. The molecule has 0 aliphatic heterocycles. The molecule has 0 heterocycles. The number of nitrogens with one attached hydrogen (secondary N) is 1. The van der Waals surface area contributed by atoms with Crippen molar-refractivity contribution in [3.8, 4) is 0 Å². The summed E-state index contributed by atoms with van der Waals surface area (Å²) < 4.78 is 18.1. The van der Waals surface area contributed by atoms with Crippen molar-refractivity contribution in [1.29, 1.82) is 0 Å². The van der Waals surface area contributed by atoms with Gasteiger partial charge in [0.2, 0.25) is 5.91 Å². The fourth-order valence-corrected chi connectivity index (χ4v) is 1.29. The highest BCUT2D eigenvalue weighted by atomic mass is 19.1. The van der Waals surface area contributed by atoms with E-state index in [9.17, 15) is 9.18 Å². The van der Waals surface area contributed by atoms with Crippen molar-refractivity contribution in [3.05, 3.63) is 35.6 Å². The van der Waals surface area contributed by atoms with Crippen LogP contribution in [0.3, 0.4) is 0 Å². The summed E-state index contributed by atoms with van der Waals surface area (Å²) in [5.74, 6) is -0.555. The quantitative estimate of drug-likeness (QED) is 0.800. The van der Waals surface area contributed by atoms with E-state index in [0.717, 1.165) is 5.56 Å². The fourth-order valence-electron chi connectivity index (χ4n) is 1.29. The fraction of sp³-hybridized carbons (Fsp3) is 0.417. The monoisotopic (exact) mass is 240 g/mol. The van der Waals surface area contributed by atoms with E-state index in [2.05, 4.69) is 5.32 Å². The van der Waals surface area contributed by atoms with Gasteiger partial charge in [0, 0.05) is 7.05 Å². The van der Waals surface area contributed by atoms with Gasteiger partial charge in [0.15, 0.2) is 0 Å². The average Bonchev–Trinajstić information content (AvgIpc) is 2.35. The normalized spacial score (nSPS) is 14.1. The Labute approximate surface area is 100.0 Å². The summed E-state index contributed by atoms with van der Waals surface area (Å²) in [5.41, 5.74) is 6.50. The molecule has 0 unspecified atom stereocenters. The van der Waals surface area contributed by atoms with Crippen LogP contribution in [0.5, 0.6) is 0 Å². The summed E-state index contributed by atoms with van der Waals surface area (Å²) in [6.45, 7) is 2.02. The minimum atomic E-state index is -0.708. The molecule has 17 heavy (non-hydrogen) atoms. The van der Waals surface area contributed by atoms with Crippen LogP contribution < -0.4 is 11.1 Å². The van der Waals surface area contributed by atoms with E-state index in [1.54, 1.807) is 19.1 Å². The van der Waals surface area contributed by atoms with Crippen LogP contribution in [-0.2, 0) is 16.1 Å². The molecule has 0 saturated heterocycles. The smallest absolute Gasteiger partial charge is 0.239 e. The maximum atomic E-state index is 12.7. The molecule has 5 heteroatoms. The van der Waals surface area contributed by atoms with Gasteiger partial charge in [0.1, 0.15) is 11.9 Å². The molecule has 2 atom stereocenters. The third-order valence-electron chi connectivity index (χ3n) is 2.48. The van der Waals surface area contributed by atoms with Gasteiger partial charge in [-0.25, -0.2) is 4.39 Å². The topological polar surface area (TPSA) is 64.4 Å². The zero-order valence-corrected chi connectivity index (χ0v) is 9.94. The molecule has 0 fully saturated rings. The zero-order chi connectivity index (χ0) is 12.8. The summed E-state index contributed by atoms with van der Waals surface area (Å²) >= 11 is 0. The van der Waals surface area contributed by atoms with E-state index in [1.807, 2.05) is 0 Å². The largest absolute Gasteiger partial charge is 0.372 e. The Kier molecular flexibility index (Phi) is 5.06. The van der Waals surface area contributed by atoms with Gasteiger partial charge in [0.25, 0.3) is 0 Å². The Balaban J connectivity index is 2.45. The predicted molar refractivity (Wildman–Crippen MR) is 62.7 cm³/mol. The Hall–Kier alpha value is -1.46. The molecule has 94 valence electrons. The van der Waals surface area contributed by atoms with Crippen molar-refractivity contribution in [3.63, 3.8) is 0 Å². The number of nitrogens with two attached hydrogens (primary N) is 1. The number of ether oxygens (including phenoxy) is 1. The van der Waals surface area contributed by atoms with Gasteiger partial charge in [-0.2, -0.15) is 0 Å². The Bertz CT molecular complexity index is 367. The number of halogens is 1. The molecule has 1 rings (SSSR count). The van der Waals surface area contributed by atoms with Gasteiger partial charge >= 0.3 is 0 Å². The van der Waals surface area contributed by atoms with Gasteiger partial charge in [-0.05, 0) is 24.6 Å². The lowest BCUT2D eigenvalue weighted by molar-refractivity contribution is -0.125. The molecule has 1 aromatic rings. The van der Waals surface area contributed by atoms with Gasteiger partial charge in [-0.3, -0.25) is 4.79 Å². The number of carbonyl (C=O) groups is 1. The van der Waals surface area contributed by atoms with E-state index < -0.39 is 12.1 Å². The molecule has 0 aliphatic rings. The van der Waals surface area contributed by atoms with Crippen molar-refractivity contribution in [2.45, 2.75) is 25.7 Å². The van der Waals surface area contributed by atoms with Crippen LogP contribution in [0.4, 0.5) is 4.39 Å². The van der Waals surface area contributed by atoms with E-state index >= 15 is 0 Å². The van der Waals surface area contributed by atoms with Crippen LogP contribution in [0.25, 0.3) is 0 Å². The summed E-state index contributed by atoms with van der Waals surface area (Å²) in [7, 11) is 1.52. The molecule has 0 spiro atoms. The maximum absolute atomic E-state index is 12.7. The van der Waals surface area contributed by atoms with Gasteiger partial charge in [-0.15, -0.1) is 0 Å². The lowest BCUT2D eigenvalue weighted by Gasteiger charge is -2.19. The first-order valence-corrected chi connectivity index (χ1v) is 5.38. The molecule has 3 N–H and O–H groups in total. The lowest BCUT2D eigenvalue weighted by atomic mass is 10.2. The number of amides is 1. The third kappa shape index (κ3) is 4.13. The summed E-state index contributed by atoms with van der Waals surface area (Å²) in [6.07, 6.45) is -0.403. The number of carbonyl (C=O) groups excluding carboxylic acids is 1. The van der Waals surface area contributed by atoms with E-state index in [-0.39, 0.29) is 11.7 Å². The second-order valence-electron chi connectivity index (χ2n) is 3.78. The first kappa shape index (κ1) is 13.6. The standard InChI is InChI=1S/C12H17FN2O2/c1-8(11(14)12(16)15-2)17-7-9-3-5-10(13)6-4-9/h3-6,8,11H,7,14H2,1-2H3,(H,15,16)/t8-,11+/m1/s1. The Morgan fingerprint density at radius 2 is 2.06 bits per heavy atom. The van der Waals surface area contributed by atoms with Crippen LogP contribution in [0.2, 0.25) is 0 Å². The second-order valence-corrected chi connectivity index (χ2v) is 3.78. The van der Waals surface area contributed by atoms with Crippen LogP contribution in [0.1, 0.15) is 12.5 Å². The summed E-state index contributed by atoms with van der Waals surface area (Å²) in [5, 5.41) is 2.46. The van der Waals surface area contributed by atoms with Gasteiger partial charge < -0.3 is 15.8 Å². The van der Waals surface area contributed by atoms with Crippen molar-refractivity contribution in [2.75, 3.05) is 7.05 Å². The van der Waals surface area contributed by atoms with Crippen LogP contribution in [0, 0.1) is 5.82 Å².